The van der Waals surface area contributed by atoms with E-state index in [4.69, 9.17) is 10.2 Å². The van der Waals surface area contributed by atoms with Crippen molar-refractivity contribution in [3.63, 3.8) is 0 Å². The number of para-hydroxylation sites is 2. The molecule has 84 valence electrons. The Morgan fingerprint density at radius 2 is 1.88 bits per heavy atom. The number of fused-ring (bicyclic) bond motifs is 1. The van der Waals surface area contributed by atoms with E-state index in [1.54, 1.807) is 12.5 Å². The molecule has 17 heavy (non-hydrogen) atoms. The second kappa shape index (κ2) is 3.99. The van der Waals surface area contributed by atoms with Gasteiger partial charge < -0.3 is 10.2 Å². The van der Waals surface area contributed by atoms with Crippen molar-refractivity contribution in [2.75, 3.05) is 0 Å². The van der Waals surface area contributed by atoms with Gasteiger partial charge in [0, 0.05) is 0 Å². The summed E-state index contributed by atoms with van der Waals surface area (Å²) < 4.78 is 5.27. The van der Waals surface area contributed by atoms with Gasteiger partial charge in [-0.05, 0) is 24.3 Å². The molecule has 2 N–H and O–H groups in total. The molecule has 2 aromatic heterocycles. The van der Waals surface area contributed by atoms with Crippen LogP contribution >= 0.6 is 0 Å². The summed E-state index contributed by atoms with van der Waals surface area (Å²) in [5.74, 6) is 0.689. The molecule has 0 spiro atoms. The van der Waals surface area contributed by atoms with Crippen molar-refractivity contribution in [3.8, 4) is 0 Å². The fourth-order valence-corrected chi connectivity index (χ4v) is 1.74. The zero-order chi connectivity index (χ0) is 11.7. The van der Waals surface area contributed by atoms with Crippen LogP contribution in [0.1, 0.15) is 17.5 Å². The average molecular weight is 225 g/mol. The van der Waals surface area contributed by atoms with Crippen LogP contribution < -0.4 is 5.73 Å². The van der Waals surface area contributed by atoms with Crippen LogP contribution in [0.25, 0.3) is 11.0 Å². The SMILES string of the molecule is NC(c1cnc2ccccc2n1)c1ccco1. The molecule has 0 aliphatic heterocycles. The first-order valence-corrected chi connectivity index (χ1v) is 5.35. The summed E-state index contributed by atoms with van der Waals surface area (Å²) in [6, 6.07) is 11.0. The number of hydrogen-bond acceptors (Lipinski definition) is 4. The van der Waals surface area contributed by atoms with Gasteiger partial charge in [-0.1, -0.05) is 12.1 Å². The maximum absolute atomic E-state index is 6.06. The highest BCUT2D eigenvalue weighted by atomic mass is 16.3. The van der Waals surface area contributed by atoms with E-state index in [9.17, 15) is 0 Å². The van der Waals surface area contributed by atoms with E-state index < -0.39 is 0 Å². The molecular weight excluding hydrogens is 214 g/mol. The van der Waals surface area contributed by atoms with Crippen LogP contribution in [0.3, 0.4) is 0 Å². The number of aromatic nitrogens is 2. The summed E-state index contributed by atoms with van der Waals surface area (Å²) in [7, 11) is 0. The Kier molecular flexibility index (Phi) is 2.34. The molecule has 0 bridgehead atoms. The monoisotopic (exact) mass is 225 g/mol. The molecule has 4 heteroatoms. The number of furan rings is 1. The van der Waals surface area contributed by atoms with E-state index in [2.05, 4.69) is 9.97 Å². The molecule has 2 heterocycles. The molecule has 1 aromatic carbocycles. The molecule has 3 rings (SSSR count). The van der Waals surface area contributed by atoms with Crippen molar-refractivity contribution >= 4 is 11.0 Å². The predicted molar refractivity (Wildman–Crippen MR) is 64.3 cm³/mol. The summed E-state index contributed by atoms with van der Waals surface area (Å²) in [4.78, 5) is 8.81. The lowest BCUT2D eigenvalue weighted by molar-refractivity contribution is 0.486. The highest BCUT2D eigenvalue weighted by Gasteiger charge is 2.13. The van der Waals surface area contributed by atoms with E-state index in [1.165, 1.54) is 0 Å². The molecule has 1 atom stereocenters. The predicted octanol–water partition coefficient (Wildman–Crippen LogP) is 2.27. The van der Waals surface area contributed by atoms with E-state index in [0.29, 0.717) is 11.5 Å². The van der Waals surface area contributed by atoms with Crippen molar-refractivity contribution in [3.05, 3.63) is 60.3 Å². The highest BCUT2D eigenvalue weighted by molar-refractivity contribution is 5.73. The Hall–Kier alpha value is -2.20. The minimum atomic E-state index is -0.373. The first kappa shape index (κ1) is 9.99. The molecule has 0 fully saturated rings. The van der Waals surface area contributed by atoms with E-state index >= 15 is 0 Å². The number of rotatable bonds is 2. The molecule has 0 aliphatic rings. The second-order valence-corrected chi connectivity index (χ2v) is 3.78. The summed E-state index contributed by atoms with van der Waals surface area (Å²) >= 11 is 0. The summed E-state index contributed by atoms with van der Waals surface area (Å²) in [5, 5.41) is 0. The lowest BCUT2D eigenvalue weighted by Crippen LogP contribution is -2.13. The lowest BCUT2D eigenvalue weighted by atomic mass is 10.1. The number of nitrogens with zero attached hydrogens (tertiary/aromatic N) is 2. The first-order valence-electron chi connectivity index (χ1n) is 5.35. The Morgan fingerprint density at radius 3 is 2.65 bits per heavy atom. The van der Waals surface area contributed by atoms with E-state index in [0.717, 1.165) is 11.0 Å². The fourth-order valence-electron chi connectivity index (χ4n) is 1.74. The Morgan fingerprint density at radius 1 is 1.06 bits per heavy atom. The normalized spacial score (nSPS) is 12.8. The Labute approximate surface area is 98.1 Å². The van der Waals surface area contributed by atoms with Crippen LogP contribution in [0.15, 0.2) is 53.3 Å². The van der Waals surface area contributed by atoms with Crippen LogP contribution in [0.2, 0.25) is 0 Å². The van der Waals surface area contributed by atoms with Crippen molar-refractivity contribution < 1.29 is 4.42 Å². The van der Waals surface area contributed by atoms with Gasteiger partial charge in [0.05, 0.1) is 29.2 Å². The minimum absolute atomic E-state index is 0.373. The van der Waals surface area contributed by atoms with Crippen LogP contribution in [0.4, 0.5) is 0 Å². The van der Waals surface area contributed by atoms with Crippen LogP contribution in [0, 0.1) is 0 Å². The summed E-state index contributed by atoms with van der Waals surface area (Å²) in [6.07, 6.45) is 3.29. The lowest BCUT2D eigenvalue weighted by Gasteiger charge is -2.08. The van der Waals surface area contributed by atoms with Gasteiger partial charge in [-0.3, -0.25) is 4.98 Å². The van der Waals surface area contributed by atoms with Gasteiger partial charge >= 0.3 is 0 Å². The third-order valence-electron chi connectivity index (χ3n) is 2.64. The third kappa shape index (κ3) is 1.79. The number of nitrogens with two attached hydrogens (primary N) is 1. The summed E-state index contributed by atoms with van der Waals surface area (Å²) in [6.45, 7) is 0. The smallest absolute Gasteiger partial charge is 0.126 e. The van der Waals surface area contributed by atoms with E-state index in [1.807, 2.05) is 36.4 Å². The van der Waals surface area contributed by atoms with Crippen molar-refractivity contribution in [1.29, 1.82) is 0 Å². The van der Waals surface area contributed by atoms with Crippen molar-refractivity contribution in [2.45, 2.75) is 6.04 Å². The topological polar surface area (TPSA) is 64.9 Å². The molecule has 0 radical (unpaired) electrons. The fraction of sp³-hybridized carbons (Fsp3) is 0.0769. The molecule has 0 aliphatic carbocycles. The van der Waals surface area contributed by atoms with Gasteiger partial charge in [-0.25, -0.2) is 4.98 Å². The number of benzene rings is 1. The standard InChI is InChI=1S/C13H11N3O/c14-13(12-6-3-7-17-12)11-8-15-9-4-1-2-5-10(9)16-11/h1-8,13H,14H2. The minimum Gasteiger partial charge on any atom is -0.467 e. The van der Waals surface area contributed by atoms with Gasteiger partial charge in [0.1, 0.15) is 11.8 Å². The molecular formula is C13H11N3O. The molecule has 1 unspecified atom stereocenters. The molecule has 0 saturated heterocycles. The largest absolute Gasteiger partial charge is 0.467 e. The Balaban J connectivity index is 2.06. The van der Waals surface area contributed by atoms with Crippen LogP contribution in [0.5, 0.6) is 0 Å². The van der Waals surface area contributed by atoms with Gasteiger partial charge in [-0.2, -0.15) is 0 Å². The van der Waals surface area contributed by atoms with E-state index in [-0.39, 0.29) is 6.04 Å². The van der Waals surface area contributed by atoms with Crippen LogP contribution in [-0.4, -0.2) is 9.97 Å². The van der Waals surface area contributed by atoms with Gasteiger partial charge in [0.2, 0.25) is 0 Å². The highest BCUT2D eigenvalue weighted by Crippen LogP contribution is 2.19. The zero-order valence-electron chi connectivity index (χ0n) is 9.08. The molecule has 3 aromatic rings. The quantitative estimate of drug-likeness (QED) is 0.726. The second-order valence-electron chi connectivity index (χ2n) is 3.78. The van der Waals surface area contributed by atoms with Gasteiger partial charge in [0.15, 0.2) is 0 Å². The van der Waals surface area contributed by atoms with Gasteiger partial charge in [-0.15, -0.1) is 0 Å². The third-order valence-corrected chi connectivity index (χ3v) is 2.64. The van der Waals surface area contributed by atoms with Gasteiger partial charge in [0.25, 0.3) is 0 Å². The first-order chi connectivity index (χ1) is 8.34. The molecule has 0 amide bonds. The zero-order valence-corrected chi connectivity index (χ0v) is 9.08. The maximum atomic E-state index is 6.06. The van der Waals surface area contributed by atoms with Crippen molar-refractivity contribution in [2.24, 2.45) is 5.73 Å². The summed E-state index contributed by atoms with van der Waals surface area (Å²) in [5.41, 5.74) is 8.47. The number of hydrogen-bond donors (Lipinski definition) is 1. The van der Waals surface area contributed by atoms with Crippen LogP contribution in [-0.2, 0) is 0 Å². The Bertz CT molecular complexity index is 634. The average Bonchev–Trinajstić information content (AvgIpc) is 2.91. The van der Waals surface area contributed by atoms with Crippen molar-refractivity contribution in [1.82, 2.24) is 9.97 Å². The molecule has 4 nitrogen and oxygen atoms in total. The molecule has 0 saturated carbocycles. The maximum Gasteiger partial charge on any atom is 0.126 e.